The number of ether oxygens (including phenoxy) is 3. The van der Waals surface area contributed by atoms with Gasteiger partial charge in [0.1, 0.15) is 0 Å². The van der Waals surface area contributed by atoms with Gasteiger partial charge in [-0.3, -0.25) is 0 Å². The largest absolute Gasteiger partial charge is 0.467 e. The number of fused-ring (bicyclic) bond motifs is 1. The van der Waals surface area contributed by atoms with Gasteiger partial charge in [-0.25, -0.2) is 9.78 Å². The van der Waals surface area contributed by atoms with Crippen LogP contribution in [-0.2, 0) is 25.6 Å². The quantitative estimate of drug-likeness (QED) is 0.557. The molecular weight excluding hydrogens is 394 g/mol. The van der Waals surface area contributed by atoms with Crippen molar-refractivity contribution in [3.8, 4) is 0 Å². The van der Waals surface area contributed by atoms with Gasteiger partial charge in [0.25, 0.3) is 0 Å². The molecule has 162 valence electrons. The summed E-state index contributed by atoms with van der Waals surface area (Å²) in [5.41, 5.74) is 3.95. The zero-order chi connectivity index (χ0) is 21.4. The predicted molar refractivity (Wildman–Crippen MR) is 116 cm³/mol. The van der Waals surface area contributed by atoms with Crippen LogP contribution in [0.2, 0.25) is 0 Å². The summed E-state index contributed by atoms with van der Waals surface area (Å²) in [6.45, 7) is 3.10. The van der Waals surface area contributed by atoms with Crippen molar-refractivity contribution in [2.45, 2.75) is 43.9 Å². The first-order chi connectivity index (χ1) is 15.1. The van der Waals surface area contributed by atoms with E-state index in [9.17, 15) is 4.79 Å². The van der Waals surface area contributed by atoms with Crippen molar-refractivity contribution in [1.29, 1.82) is 0 Å². The molecule has 2 aromatic heterocycles. The van der Waals surface area contributed by atoms with Gasteiger partial charge in [-0.15, -0.1) is 0 Å². The molecule has 2 fully saturated rings. The molecule has 1 unspecified atom stereocenters. The van der Waals surface area contributed by atoms with Crippen LogP contribution in [0.25, 0.3) is 5.65 Å². The molecule has 0 amide bonds. The Bertz CT molecular complexity index is 1090. The number of hydrogen-bond donors (Lipinski definition) is 1. The molecule has 1 aliphatic heterocycles. The van der Waals surface area contributed by atoms with Crippen LogP contribution in [0.15, 0.2) is 48.8 Å². The molecule has 0 bridgehead atoms. The molecule has 3 aromatic rings. The van der Waals surface area contributed by atoms with Crippen molar-refractivity contribution < 1.29 is 19.0 Å². The molecule has 2 aliphatic rings. The van der Waals surface area contributed by atoms with Gasteiger partial charge in [0.05, 0.1) is 44.4 Å². The van der Waals surface area contributed by atoms with Gasteiger partial charge in [-0.1, -0.05) is 30.3 Å². The highest BCUT2D eigenvalue weighted by atomic mass is 16.5. The second-order valence-corrected chi connectivity index (χ2v) is 8.49. The predicted octanol–water partition coefficient (Wildman–Crippen LogP) is 3.84. The number of nitrogens with one attached hydrogen (secondary N) is 1. The molecule has 7 heteroatoms. The summed E-state index contributed by atoms with van der Waals surface area (Å²) in [4.78, 5) is 17.3. The highest BCUT2D eigenvalue weighted by molar-refractivity contribution is 5.88. The maximum atomic E-state index is 12.4. The minimum Gasteiger partial charge on any atom is -0.467 e. The molecule has 31 heavy (non-hydrogen) atoms. The van der Waals surface area contributed by atoms with E-state index < -0.39 is 5.54 Å². The number of hydrogen-bond acceptors (Lipinski definition) is 6. The summed E-state index contributed by atoms with van der Waals surface area (Å²) < 4.78 is 18.5. The molecule has 1 atom stereocenters. The first kappa shape index (κ1) is 20.0. The number of esters is 1. The third kappa shape index (κ3) is 3.91. The fraction of sp³-hybridized carbons (Fsp3) is 0.417. The van der Waals surface area contributed by atoms with Gasteiger partial charge >= 0.3 is 5.97 Å². The Balaban J connectivity index is 1.44. The molecule has 1 N–H and O–H groups in total. The fourth-order valence-electron chi connectivity index (χ4n) is 3.95. The van der Waals surface area contributed by atoms with E-state index in [-0.39, 0.29) is 25.3 Å². The molecule has 1 aromatic carbocycles. The molecule has 1 saturated carbocycles. The van der Waals surface area contributed by atoms with Crippen molar-refractivity contribution in [2.75, 3.05) is 25.6 Å². The lowest BCUT2D eigenvalue weighted by molar-refractivity contribution is -0.161. The van der Waals surface area contributed by atoms with E-state index in [1.54, 1.807) is 0 Å². The number of rotatable bonds is 8. The number of methoxy groups -OCH3 is 1. The van der Waals surface area contributed by atoms with Gasteiger partial charge < -0.3 is 23.9 Å². The topological polar surface area (TPSA) is 74.1 Å². The Morgan fingerprint density at radius 2 is 2.06 bits per heavy atom. The first-order valence-corrected chi connectivity index (χ1v) is 10.7. The molecule has 7 nitrogen and oxygen atoms in total. The van der Waals surface area contributed by atoms with E-state index in [1.165, 1.54) is 25.5 Å². The van der Waals surface area contributed by atoms with Crippen LogP contribution >= 0.6 is 0 Å². The number of carbonyl (C=O) groups is 1. The van der Waals surface area contributed by atoms with Crippen LogP contribution in [0.1, 0.15) is 48.6 Å². The standard InChI is InChI=1S/C24H27N3O4/c1-16(31-13-17-6-4-3-5-7-17)21-12-27-11-19(18-8-9-18)10-20(22(27)25-21)26-24(14-30-15-24)23(28)29-2/h3-7,10-12,16,18,26H,8-9,13-15H2,1-2H3. The highest BCUT2D eigenvalue weighted by Gasteiger charge is 2.48. The van der Waals surface area contributed by atoms with Crippen LogP contribution in [0.5, 0.6) is 0 Å². The third-order valence-electron chi connectivity index (χ3n) is 6.05. The minimum absolute atomic E-state index is 0.168. The summed E-state index contributed by atoms with van der Waals surface area (Å²) in [7, 11) is 1.40. The Kier molecular flexibility index (Phi) is 5.16. The van der Waals surface area contributed by atoms with Crippen LogP contribution in [0.4, 0.5) is 5.69 Å². The average Bonchev–Trinajstić information content (AvgIpc) is 3.53. The number of benzene rings is 1. The Morgan fingerprint density at radius 3 is 2.71 bits per heavy atom. The maximum absolute atomic E-state index is 12.4. The van der Waals surface area contributed by atoms with E-state index in [0.29, 0.717) is 12.5 Å². The summed E-state index contributed by atoms with van der Waals surface area (Å²) in [6, 6.07) is 12.2. The Morgan fingerprint density at radius 1 is 1.29 bits per heavy atom. The Labute approximate surface area is 181 Å². The highest BCUT2D eigenvalue weighted by Crippen LogP contribution is 2.42. The molecule has 1 saturated heterocycles. The molecule has 1 aliphatic carbocycles. The van der Waals surface area contributed by atoms with Crippen molar-refractivity contribution in [1.82, 2.24) is 9.38 Å². The number of nitrogens with zero attached hydrogens (tertiary/aromatic N) is 2. The van der Waals surface area contributed by atoms with Gasteiger partial charge in [0, 0.05) is 12.4 Å². The van der Waals surface area contributed by atoms with Crippen molar-refractivity contribution in [3.05, 3.63) is 65.6 Å². The van der Waals surface area contributed by atoms with Crippen LogP contribution in [0.3, 0.4) is 0 Å². The Hall–Kier alpha value is -2.90. The van der Waals surface area contributed by atoms with Crippen molar-refractivity contribution in [3.63, 3.8) is 0 Å². The second-order valence-electron chi connectivity index (χ2n) is 8.49. The van der Waals surface area contributed by atoms with Crippen molar-refractivity contribution >= 4 is 17.3 Å². The summed E-state index contributed by atoms with van der Waals surface area (Å²) in [6.07, 6.45) is 6.37. The summed E-state index contributed by atoms with van der Waals surface area (Å²) in [5.74, 6) is 0.245. The van der Waals surface area contributed by atoms with E-state index in [4.69, 9.17) is 19.2 Å². The molecule has 0 radical (unpaired) electrons. The maximum Gasteiger partial charge on any atom is 0.336 e. The zero-order valence-corrected chi connectivity index (χ0v) is 17.8. The lowest BCUT2D eigenvalue weighted by Gasteiger charge is -2.39. The SMILES string of the molecule is COC(=O)C1(Nc2cc(C3CC3)cn3cc(C(C)OCc4ccccc4)nc23)COC1. The smallest absolute Gasteiger partial charge is 0.336 e. The molecule has 3 heterocycles. The molecular formula is C24H27N3O4. The van der Waals surface area contributed by atoms with E-state index in [1.807, 2.05) is 47.9 Å². The molecule has 5 rings (SSSR count). The summed E-state index contributed by atoms with van der Waals surface area (Å²) >= 11 is 0. The number of pyridine rings is 1. The van der Waals surface area contributed by atoms with Gasteiger partial charge in [0.2, 0.25) is 0 Å². The second kappa shape index (κ2) is 7.98. The summed E-state index contributed by atoms with van der Waals surface area (Å²) in [5, 5.41) is 3.40. The van der Waals surface area contributed by atoms with E-state index >= 15 is 0 Å². The number of anilines is 1. The number of aromatic nitrogens is 2. The van der Waals surface area contributed by atoms with Gasteiger partial charge in [-0.2, -0.15) is 0 Å². The van der Waals surface area contributed by atoms with Crippen LogP contribution < -0.4 is 5.32 Å². The first-order valence-electron chi connectivity index (χ1n) is 10.7. The number of imidazole rings is 1. The average molecular weight is 421 g/mol. The van der Waals surface area contributed by atoms with Gasteiger partial charge in [-0.05, 0) is 42.9 Å². The normalized spacial score (nSPS) is 18.4. The lowest BCUT2D eigenvalue weighted by Crippen LogP contribution is -2.62. The van der Waals surface area contributed by atoms with Crippen LogP contribution in [-0.4, -0.2) is 41.2 Å². The fourth-order valence-corrected chi connectivity index (χ4v) is 3.95. The van der Waals surface area contributed by atoms with E-state index in [0.717, 1.165) is 22.6 Å². The lowest BCUT2D eigenvalue weighted by atomic mass is 9.97. The minimum atomic E-state index is -0.862. The number of carbonyl (C=O) groups excluding carboxylic acids is 1. The molecule has 0 spiro atoms. The van der Waals surface area contributed by atoms with E-state index in [2.05, 4.69) is 17.6 Å². The third-order valence-corrected chi connectivity index (χ3v) is 6.05. The zero-order valence-electron chi connectivity index (χ0n) is 17.8. The van der Waals surface area contributed by atoms with Crippen LogP contribution in [0, 0.1) is 0 Å². The monoisotopic (exact) mass is 421 g/mol. The van der Waals surface area contributed by atoms with Crippen molar-refractivity contribution in [2.24, 2.45) is 0 Å². The van der Waals surface area contributed by atoms with Gasteiger partial charge in [0.15, 0.2) is 11.2 Å².